The highest BCUT2D eigenvalue weighted by atomic mass is 19.3. The number of hydrogen-bond donors (Lipinski definition) is 1. The molecular formula is C11H13F2N. The second-order valence-corrected chi connectivity index (χ2v) is 3.93. The molecule has 1 saturated carbocycles. The van der Waals surface area contributed by atoms with Gasteiger partial charge in [-0.25, -0.2) is 8.78 Å². The lowest BCUT2D eigenvalue weighted by atomic mass is 9.65. The summed E-state index contributed by atoms with van der Waals surface area (Å²) in [5, 5.41) is 0. The normalized spacial score (nSPS) is 19.4. The van der Waals surface area contributed by atoms with Crippen molar-refractivity contribution in [2.24, 2.45) is 0 Å². The van der Waals surface area contributed by atoms with E-state index >= 15 is 0 Å². The van der Waals surface area contributed by atoms with Gasteiger partial charge in [0.1, 0.15) is 0 Å². The summed E-state index contributed by atoms with van der Waals surface area (Å²) >= 11 is 0. The van der Waals surface area contributed by atoms with Gasteiger partial charge < -0.3 is 5.73 Å². The van der Waals surface area contributed by atoms with E-state index in [0.29, 0.717) is 18.5 Å². The lowest BCUT2D eigenvalue weighted by molar-refractivity contribution is 0.000847. The van der Waals surface area contributed by atoms with E-state index in [-0.39, 0.29) is 0 Å². The van der Waals surface area contributed by atoms with Gasteiger partial charge in [0.2, 0.25) is 6.43 Å². The van der Waals surface area contributed by atoms with Gasteiger partial charge in [0.15, 0.2) is 0 Å². The van der Waals surface area contributed by atoms with Crippen molar-refractivity contribution in [2.45, 2.75) is 31.1 Å². The SMILES string of the molecule is Nc1ccc(C2(C(F)F)CCC2)cc1. The molecule has 76 valence electrons. The lowest BCUT2D eigenvalue weighted by Crippen LogP contribution is -2.41. The van der Waals surface area contributed by atoms with Crippen LogP contribution in [0.3, 0.4) is 0 Å². The molecule has 0 bridgehead atoms. The molecule has 14 heavy (non-hydrogen) atoms. The molecule has 0 unspecified atom stereocenters. The first-order chi connectivity index (χ1) is 6.65. The highest BCUT2D eigenvalue weighted by Gasteiger charge is 2.46. The first-order valence-corrected chi connectivity index (χ1v) is 4.79. The van der Waals surface area contributed by atoms with Gasteiger partial charge in [-0.2, -0.15) is 0 Å². The number of nitrogen functional groups attached to an aromatic ring is 1. The second kappa shape index (κ2) is 3.23. The summed E-state index contributed by atoms with van der Waals surface area (Å²) < 4.78 is 25.8. The molecule has 0 saturated heterocycles. The largest absolute Gasteiger partial charge is 0.399 e. The molecule has 0 aliphatic heterocycles. The number of hydrogen-bond acceptors (Lipinski definition) is 1. The zero-order chi connectivity index (χ0) is 10.2. The van der Waals surface area contributed by atoms with E-state index < -0.39 is 11.8 Å². The molecule has 1 aromatic carbocycles. The van der Waals surface area contributed by atoms with Crippen LogP contribution < -0.4 is 5.73 Å². The van der Waals surface area contributed by atoms with Crippen LogP contribution in [0.4, 0.5) is 14.5 Å². The Labute approximate surface area is 81.9 Å². The molecule has 0 amide bonds. The van der Waals surface area contributed by atoms with Crippen LogP contribution in [0.25, 0.3) is 0 Å². The van der Waals surface area contributed by atoms with E-state index in [4.69, 9.17) is 5.73 Å². The standard InChI is InChI=1S/C11H13F2N/c12-10(13)11(6-1-7-11)8-2-4-9(14)5-3-8/h2-5,10H,1,6-7,14H2. The number of alkyl halides is 2. The Bertz CT molecular complexity index is 315. The Kier molecular flexibility index (Phi) is 2.17. The van der Waals surface area contributed by atoms with Crippen LogP contribution >= 0.6 is 0 Å². The van der Waals surface area contributed by atoms with Crippen molar-refractivity contribution >= 4 is 5.69 Å². The zero-order valence-electron chi connectivity index (χ0n) is 7.84. The van der Waals surface area contributed by atoms with Gasteiger partial charge in [0.25, 0.3) is 0 Å². The first kappa shape index (κ1) is 9.44. The quantitative estimate of drug-likeness (QED) is 0.725. The minimum atomic E-state index is -2.26. The Morgan fingerprint density at radius 1 is 1.14 bits per heavy atom. The second-order valence-electron chi connectivity index (χ2n) is 3.93. The van der Waals surface area contributed by atoms with Gasteiger partial charge in [-0.3, -0.25) is 0 Å². The van der Waals surface area contributed by atoms with E-state index in [0.717, 1.165) is 12.0 Å². The monoisotopic (exact) mass is 197 g/mol. The Morgan fingerprint density at radius 3 is 2.07 bits per heavy atom. The summed E-state index contributed by atoms with van der Waals surface area (Å²) in [6.07, 6.45) is -0.183. The van der Waals surface area contributed by atoms with Gasteiger partial charge in [-0.15, -0.1) is 0 Å². The lowest BCUT2D eigenvalue weighted by Gasteiger charge is -2.41. The number of halogens is 2. The summed E-state index contributed by atoms with van der Waals surface area (Å²) in [5.41, 5.74) is 5.99. The van der Waals surface area contributed by atoms with Crippen molar-refractivity contribution in [3.8, 4) is 0 Å². The molecule has 0 atom stereocenters. The number of benzene rings is 1. The molecule has 2 N–H and O–H groups in total. The third-order valence-corrected chi connectivity index (χ3v) is 3.15. The van der Waals surface area contributed by atoms with Crippen molar-refractivity contribution < 1.29 is 8.78 Å². The molecule has 2 rings (SSSR count). The van der Waals surface area contributed by atoms with Crippen molar-refractivity contribution in [2.75, 3.05) is 5.73 Å². The van der Waals surface area contributed by atoms with E-state index in [2.05, 4.69) is 0 Å². The van der Waals surface area contributed by atoms with E-state index in [1.807, 2.05) is 0 Å². The van der Waals surface area contributed by atoms with Crippen LogP contribution in [0.2, 0.25) is 0 Å². The highest BCUT2D eigenvalue weighted by Crippen LogP contribution is 2.48. The van der Waals surface area contributed by atoms with Crippen LogP contribution in [0.15, 0.2) is 24.3 Å². The van der Waals surface area contributed by atoms with Crippen molar-refractivity contribution in [3.05, 3.63) is 29.8 Å². The average Bonchev–Trinajstić information content (AvgIpc) is 2.05. The molecule has 3 heteroatoms. The smallest absolute Gasteiger partial charge is 0.248 e. The Hall–Kier alpha value is -1.12. The molecule has 0 aromatic heterocycles. The van der Waals surface area contributed by atoms with Crippen molar-refractivity contribution in [1.29, 1.82) is 0 Å². The summed E-state index contributed by atoms with van der Waals surface area (Å²) in [5.74, 6) is 0. The predicted molar refractivity (Wildman–Crippen MR) is 52.4 cm³/mol. The molecule has 1 aliphatic carbocycles. The molecule has 0 radical (unpaired) electrons. The van der Waals surface area contributed by atoms with Gasteiger partial charge >= 0.3 is 0 Å². The van der Waals surface area contributed by atoms with E-state index in [9.17, 15) is 8.78 Å². The molecule has 0 spiro atoms. The molecule has 1 aromatic rings. The van der Waals surface area contributed by atoms with Crippen LogP contribution in [-0.2, 0) is 5.41 Å². The third-order valence-electron chi connectivity index (χ3n) is 3.15. The van der Waals surface area contributed by atoms with Crippen molar-refractivity contribution in [3.63, 3.8) is 0 Å². The maximum atomic E-state index is 12.9. The number of nitrogens with two attached hydrogens (primary N) is 1. The van der Waals surface area contributed by atoms with Crippen LogP contribution in [-0.4, -0.2) is 6.43 Å². The molecule has 0 heterocycles. The number of rotatable bonds is 2. The number of anilines is 1. The zero-order valence-corrected chi connectivity index (χ0v) is 7.84. The minimum absolute atomic E-state index is 0.592. The predicted octanol–water partition coefficient (Wildman–Crippen LogP) is 2.96. The van der Waals surface area contributed by atoms with Gasteiger partial charge in [0, 0.05) is 5.69 Å². The fraction of sp³-hybridized carbons (Fsp3) is 0.455. The van der Waals surface area contributed by atoms with E-state index in [1.54, 1.807) is 24.3 Å². The van der Waals surface area contributed by atoms with Crippen molar-refractivity contribution in [1.82, 2.24) is 0 Å². The third kappa shape index (κ3) is 1.27. The van der Waals surface area contributed by atoms with Gasteiger partial charge in [0.05, 0.1) is 5.41 Å². The van der Waals surface area contributed by atoms with Crippen LogP contribution in [0.1, 0.15) is 24.8 Å². The van der Waals surface area contributed by atoms with Gasteiger partial charge in [-0.05, 0) is 30.5 Å². The van der Waals surface area contributed by atoms with Crippen LogP contribution in [0, 0.1) is 0 Å². The summed E-state index contributed by atoms with van der Waals surface area (Å²) in [6.45, 7) is 0. The molecule has 1 fully saturated rings. The van der Waals surface area contributed by atoms with E-state index in [1.165, 1.54) is 0 Å². The fourth-order valence-corrected chi connectivity index (χ4v) is 2.01. The Morgan fingerprint density at radius 2 is 1.71 bits per heavy atom. The van der Waals surface area contributed by atoms with Crippen LogP contribution in [0.5, 0.6) is 0 Å². The highest BCUT2D eigenvalue weighted by molar-refractivity contribution is 5.42. The topological polar surface area (TPSA) is 26.0 Å². The fourth-order valence-electron chi connectivity index (χ4n) is 2.01. The van der Waals surface area contributed by atoms with Gasteiger partial charge in [-0.1, -0.05) is 18.6 Å². The Balaban J connectivity index is 2.32. The summed E-state index contributed by atoms with van der Waals surface area (Å²) in [4.78, 5) is 0. The maximum absolute atomic E-state index is 12.9. The average molecular weight is 197 g/mol. The molecular weight excluding hydrogens is 184 g/mol. The minimum Gasteiger partial charge on any atom is -0.399 e. The summed E-state index contributed by atoms with van der Waals surface area (Å²) in [6, 6.07) is 6.83. The molecule has 1 nitrogen and oxygen atoms in total. The summed E-state index contributed by atoms with van der Waals surface area (Å²) in [7, 11) is 0. The maximum Gasteiger partial charge on any atom is 0.248 e. The molecule has 1 aliphatic rings. The first-order valence-electron chi connectivity index (χ1n) is 4.79.